The minimum atomic E-state index is -1.07. The molecule has 0 aliphatic carbocycles. The van der Waals surface area contributed by atoms with Crippen molar-refractivity contribution in [3.8, 4) is 5.69 Å². The van der Waals surface area contributed by atoms with Crippen molar-refractivity contribution in [2.75, 3.05) is 6.61 Å². The number of aromatic carboxylic acids is 1. The maximum Gasteiger partial charge on any atom is 0.358 e. The largest absolute Gasteiger partial charge is 0.476 e. The molecule has 0 radical (unpaired) electrons. The minimum Gasteiger partial charge on any atom is -0.476 e. The Bertz CT molecular complexity index is 660. The highest BCUT2D eigenvalue weighted by Crippen LogP contribution is 2.32. The lowest BCUT2D eigenvalue weighted by Crippen LogP contribution is -2.12. The third-order valence-electron chi connectivity index (χ3n) is 3.74. The zero-order chi connectivity index (χ0) is 14.8. The molecular formula is C15H17N3O3. The molecule has 6 nitrogen and oxygen atoms in total. The summed E-state index contributed by atoms with van der Waals surface area (Å²) in [6, 6.07) is 7.81. The second-order valence-corrected chi connectivity index (χ2v) is 5.02. The Morgan fingerprint density at radius 3 is 2.95 bits per heavy atom. The summed E-state index contributed by atoms with van der Waals surface area (Å²) in [5, 5.41) is 17.3. The molecule has 0 saturated carbocycles. The number of hydrogen-bond donors (Lipinski definition) is 1. The van der Waals surface area contributed by atoms with E-state index in [0.717, 1.165) is 30.5 Å². The van der Waals surface area contributed by atoms with Gasteiger partial charge in [0.05, 0.1) is 5.69 Å². The van der Waals surface area contributed by atoms with Crippen molar-refractivity contribution in [2.45, 2.75) is 32.3 Å². The number of carbonyl (C=O) groups is 1. The minimum absolute atomic E-state index is 0.0205. The first kappa shape index (κ1) is 13.8. The van der Waals surface area contributed by atoms with Crippen molar-refractivity contribution in [3.63, 3.8) is 0 Å². The van der Waals surface area contributed by atoms with Crippen molar-refractivity contribution in [2.24, 2.45) is 0 Å². The molecular weight excluding hydrogens is 270 g/mol. The van der Waals surface area contributed by atoms with Crippen LogP contribution in [0, 0.1) is 0 Å². The van der Waals surface area contributed by atoms with Gasteiger partial charge in [0.15, 0.2) is 5.69 Å². The number of hydrogen-bond acceptors (Lipinski definition) is 4. The van der Waals surface area contributed by atoms with Crippen molar-refractivity contribution in [1.82, 2.24) is 15.0 Å². The Balaban J connectivity index is 2.16. The monoisotopic (exact) mass is 287 g/mol. The van der Waals surface area contributed by atoms with Gasteiger partial charge < -0.3 is 9.84 Å². The van der Waals surface area contributed by atoms with E-state index in [4.69, 9.17) is 4.74 Å². The van der Waals surface area contributed by atoms with Gasteiger partial charge in [-0.25, -0.2) is 9.48 Å². The summed E-state index contributed by atoms with van der Waals surface area (Å²) in [7, 11) is 0. The number of rotatable bonds is 4. The molecule has 2 aromatic rings. The van der Waals surface area contributed by atoms with Gasteiger partial charge in [-0.3, -0.25) is 0 Å². The van der Waals surface area contributed by atoms with E-state index < -0.39 is 5.97 Å². The predicted octanol–water partition coefficient (Wildman–Crippen LogP) is 2.38. The van der Waals surface area contributed by atoms with Crippen LogP contribution in [0.25, 0.3) is 5.69 Å². The first-order chi connectivity index (χ1) is 10.2. The molecule has 1 aliphatic rings. The van der Waals surface area contributed by atoms with Crippen LogP contribution in [-0.4, -0.2) is 32.7 Å². The van der Waals surface area contributed by atoms with Gasteiger partial charge in [0.25, 0.3) is 0 Å². The molecule has 1 atom stereocenters. The van der Waals surface area contributed by atoms with Gasteiger partial charge in [0.1, 0.15) is 11.8 Å². The third-order valence-corrected chi connectivity index (χ3v) is 3.74. The SMILES string of the molecule is CCc1ccccc1-n1nnc(C(=O)O)c1C1CCCO1. The molecule has 0 spiro atoms. The average Bonchev–Trinajstić information content (AvgIpc) is 3.15. The molecule has 3 rings (SSSR count). The molecule has 1 unspecified atom stereocenters. The van der Waals surface area contributed by atoms with Crippen molar-refractivity contribution in [3.05, 3.63) is 41.2 Å². The van der Waals surface area contributed by atoms with Crippen LogP contribution in [-0.2, 0) is 11.2 Å². The number of nitrogens with zero attached hydrogens (tertiary/aromatic N) is 3. The molecule has 1 aromatic carbocycles. The highest BCUT2D eigenvalue weighted by molar-refractivity contribution is 5.86. The van der Waals surface area contributed by atoms with Crippen LogP contribution >= 0.6 is 0 Å². The van der Waals surface area contributed by atoms with E-state index >= 15 is 0 Å². The van der Waals surface area contributed by atoms with Crippen molar-refractivity contribution < 1.29 is 14.6 Å². The Kier molecular flexibility index (Phi) is 3.70. The lowest BCUT2D eigenvalue weighted by molar-refractivity contribution is 0.0673. The molecule has 110 valence electrons. The molecule has 21 heavy (non-hydrogen) atoms. The van der Waals surface area contributed by atoms with Gasteiger partial charge in [-0.05, 0) is 30.9 Å². The summed E-state index contributed by atoms with van der Waals surface area (Å²) in [6.45, 7) is 2.70. The summed E-state index contributed by atoms with van der Waals surface area (Å²) in [5.41, 5.74) is 2.48. The fourth-order valence-electron chi connectivity index (χ4n) is 2.72. The van der Waals surface area contributed by atoms with Crippen LogP contribution in [0.2, 0.25) is 0 Å². The number of para-hydroxylation sites is 1. The van der Waals surface area contributed by atoms with Crippen LogP contribution in [0.3, 0.4) is 0 Å². The van der Waals surface area contributed by atoms with E-state index in [1.165, 1.54) is 0 Å². The van der Waals surface area contributed by atoms with Gasteiger partial charge in [-0.15, -0.1) is 5.10 Å². The maximum absolute atomic E-state index is 11.4. The highest BCUT2D eigenvalue weighted by Gasteiger charge is 2.30. The molecule has 6 heteroatoms. The highest BCUT2D eigenvalue weighted by atomic mass is 16.5. The summed E-state index contributed by atoms with van der Waals surface area (Å²) in [5.74, 6) is -1.07. The Hall–Kier alpha value is -2.21. The van der Waals surface area contributed by atoms with Gasteiger partial charge in [-0.2, -0.15) is 0 Å². The Morgan fingerprint density at radius 2 is 2.29 bits per heavy atom. The van der Waals surface area contributed by atoms with Crippen LogP contribution in [0.15, 0.2) is 24.3 Å². The van der Waals surface area contributed by atoms with Gasteiger partial charge in [-0.1, -0.05) is 30.3 Å². The Morgan fingerprint density at radius 1 is 1.48 bits per heavy atom. The Labute approximate surface area is 122 Å². The lowest BCUT2D eigenvalue weighted by atomic mass is 10.1. The van der Waals surface area contributed by atoms with Gasteiger partial charge >= 0.3 is 5.97 Å². The number of aryl methyl sites for hydroxylation is 1. The zero-order valence-electron chi connectivity index (χ0n) is 11.8. The molecule has 2 heterocycles. The first-order valence-electron chi connectivity index (χ1n) is 7.11. The van der Waals surface area contributed by atoms with Crippen LogP contribution < -0.4 is 0 Å². The number of carboxylic acid groups (broad SMARTS) is 1. The molecule has 1 N–H and O–H groups in total. The van der Waals surface area contributed by atoms with E-state index in [2.05, 4.69) is 17.2 Å². The summed E-state index contributed by atoms with van der Waals surface area (Å²) in [6.07, 6.45) is 2.30. The number of carboxylic acids is 1. The smallest absolute Gasteiger partial charge is 0.358 e. The van der Waals surface area contributed by atoms with E-state index in [1.807, 2.05) is 24.3 Å². The van der Waals surface area contributed by atoms with Gasteiger partial charge in [0.2, 0.25) is 0 Å². The fraction of sp³-hybridized carbons (Fsp3) is 0.400. The molecule has 1 fully saturated rings. The molecule has 0 bridgehead atoms. The average molecular weight is 287 g/mol. The normalized spacial score (nSPS) is 18.0. The summed E-state index contributed by atoms with van der Waals surface area (Å²) < 4.78 is 7.28. The molecule has 1 saturated heterocycles. The van der Waals surface area contributed by atoms with E-state index in [-0.39, 0.29) is 11.8 Å². The van der Waals surface area contributed by atoms with E-state index in [1.54, 1.807) is 4.68 Å². The predicted molar refractivity (Wildman–Crippen MR) is 75.6 cm³/mol. The van der Waals surface area contributed by atoms with Crippen molar-refractivity contribution in [1.29, 1.82) is 0 Å². The van der Waals surface area contributed by atoms with Crippen LogP contribution in [0.4, 0.5) is 0 Å². The third kappa shape index (κ3) is 2.42. The number of benzene rings is 1. The maximum atomic E-state index is 11.4. The van der Waals surface area contributed by atoms with Crippen molar-refractivity contribution >= 4 is 5.97 Å². The number of ether oxygens (including phenoxy) is 1. The lowest BCUT2D eigenvalue weighted by Gasteiger charge is -2.14. The zero-order valence-corrected chi connectivity index (χ0v) is 11.8. The van der Waals surface area contributed by atoms with E-state index in [9.17, 15) is 9.90 Å². The van der Waals surface area contributed by atoms with Crippen LogP contribution in [0.1, 0.15) is 47.6 Å². The number of aromatic nitrogens is 3. The van der Waals surface area contributed by atoms with Crippen LogP contribution in [0.5, 0.6) is 0 Å². The second-order valence-electron chi connectivity index (χ2n) is 5.02. The van der Waals surface area contributed by atoms with E-state index in [0.29, 0.717) is 12.3 Å². The fourth-order valence-corrected chi connectivity index (χ4v) is 2.72. The summed E-state index contributed by atoms with van der Waals surface area (Å²) in [4.78, 5) is 11.4. The second kappa shape index (κ2) is 5.65. The standard InChI is InChI=1S/C15H17N3O3/c1-2-10-6-3-4-7-11(10)18-14(12-8-5-9-21-12)13(15(19)20)16-17-18/h3-4,6-7,12H,2,5,8-9H2,1H3,(H,19,20). The quantitative estimate of drug-likeness (QED) is 0.934. The first-order valence-corrected chi connectivity index (χ1v) is 7.11. The molecule has 1 aromatic heterocycles. The summed E-state index contributed by atoms with van der Waals surface area (Å²) >= 11 is 0. The molecule has 1 aliphatic heterocycles. The molecule has 0 amide bonds. The van der Waals surface area contributed by atoms with Gasteiger partial charge in [0, 0.05) is 6.61 Å². The topological polar surface area (TPSA) is 77.2 Å².